The van der Waals surface area contributed by atoms with Gasteiger partial charge in [-0.2, -0.15) is 13.8 Å². The van der Waals surface area contributed by atoms with Gasteiger partial charge in [-0.15, -0.1) is 0 Å². The number of hydrogen-bond acceptors (Lipinski definition) is 8. The fourth-order valence-corrected chi connectivity index (χ4v) is 2.78. The molecule has 2 rings (SSSR count). The van der Waals surface area contributed by atoms with Crippen molar-refractivity contribution in [3.05, 3.63) is 42.9 Å². The monoisotopic (exact) mass is 495 g/mol. The summed E-state index contributed by atoms with van der Waals surface area (Å²) in [6.07, 6.45) is -1.11. The highest BCUT2D eigenvalue weighted by molar-refractivity contribution is 5.81. The third-order valence-corrected chi connectivity index (χ3v) is 4.76. The number of halogens is 2. The standard InChI is InChI=1S/C18H25F2N5O2.C6H14N2/c1-5-25(11-15(26)24(4)21-10-12(2)3)14-8-6-7-13(9-14)17-22-18(16(19)20)27-23-17;1-3-7-5-6-8-4-2/h6-9,12,16,21H,5,10-11H2,1-4H3;3,7-8H,1,4-6H2,2H3. The van der Waals surface area contributed by atoms with E-state index in [9.17, 15) is 13.6 Å². The van der Waals surface area contributed by atoms with Crippen molar-refractivity contribution >= 4 is 11.6 Å². The fourth-order valence-electron chi connectivity index (χ4n) is 2.78. The molecule has 3 N–H and O–H groups in total. The molecule has 1 aromatic heterocycles. The zero-order valence-corrected chi connectivity index (χ0v) is 21.4. The van der Waals surface area contributed by atoms with E-state index in [1.807, 2.05) is 17.9 Å². The van der Waals surface area contributed by atoms with Gasteiger partial charge in [0.1, 0.15) is 0 Å². The maximum Gasteiger partial charge on any atom is 0.315 e. The highest BCUT2D eigenvalue weighted by Gasteiger charge is 2.19. The number of aromatic nitrogens is 2. The first kappa shape index (κ1) is 30.0. The van der Waals surface area contributed by atoms with Gasteiger partial charge in [-0.1, -0.05) is 44.6 Å². The molecule has 0 atom stereocenters. The molecule has 11 heteroatoms. The first-order valence-corrected chi connectivity index (χ1v) is 11.8. The highest BCUT2D eigenvalue weighted by Crippen LogP contribution is 2.25. The zero-order chi connectivity index (χ0) is 26.2. The Labute approximate surface area is 206 Å². The van der Waals surface area contributed by atoms with Crippen LogP contribution in [-0.4, -0.2) is 67.4 Å². The lowest BCUT2D eigenvalue weighted by Gasteiger charge is -2.26. The summed E-state index contributed by atoms with van der Waals surface area (Å²) in [6.45, 7) is 16.2. The molecule has 9 nitrogen and oxygen atoms in total. The van der Waals surface area contributed by atoms with Crippen molar-refractivity contribution in [2.45, 2.75) is 34.1 Å². The second-order valence-electron chi connectivity index (χ2n) is 8.04. The molecule has 0 unspecified atom stereocenters. The molecule has 0 bridgehead atoms. The number of anilines is 1. The Morgan fingerprint density at radius 2 is 2.00 bits per heavy atom. The molecule has 0 spiro atoms. The highest BCUT2D eigenvalue weighted by atomic mass is 19.3. The summed E-state index contributed by atoms with van der Waals surface area (Å²) in [5.74, 6) is -0.282. The van der Waals surface area contributed by atoms with Crippen LogP contribution in [0.15, 0.2) is 41.6 Å². The number of carbonyl (C=O) groups is 1. The van der Waals surface area contributed by atoms with Gasteiger partial charge >= 0.3 is 6.43 Å². The van der Waals surface area contributed by atoms with Gasteiger partial charge in [-0.3, -0.25) is 9.80 Å². The zero-order valence-electron chi connectivity index (χ0n) is 21.4. The molecule has 0 saturated heterocycles. The molecular weight excluding hydrogens is 456 g/mol. The first-order valence-electron chi connectivity index (χ1n) is 11.8. The molecule has 1 aromatic carbocycles. The van der Waals surface area contributed by atoms with Gasteiger partial charge in [0.2, 0.25) is 5.82 Å². The smallest absolute Gasteiger partial charge is 0.315 e. The molecule has 0 radical (unpaired) electrons. The molecule has 0 fully saturated rings. The predicted molar refractivity (Wildman–Crippen MR) is 135 cm³/mol. The van der Waals surface area contributed by atoms with Crippen molar-refractivity contribution in [1.29, 1.82) is 0 Å². The molecule has 0 aliphatic heterocycles. The minimum Gasteiger partial charge on any atom is -0.390 e. The molecule has 1 amide bonds. The van der Waals surface area contributed by atoms with Crippen LogP contribution in [0, 0.1) is 5.92 Å². The number of hydrogen-bond donors (Lipinski definition) is 3. The van der Waals surface area contributed by atoms with E-state index in [4.69, 9.17) is 0 Å². The Morgan fingerprint density at radius 3 is 2.57 bits per heavy atom. The Balaban J connectivity index is 0.000000658. The first-order chi connectivity index (χ1) is 16.7. The van der Waals surface area contributed by atoms with Gasteiger partial charge in [0.15, 0.2) is 0 Å². The second kappa shape index (κ2) is 16.6. The van der Waals surface area contributed by atoms with E-state index in [0.29, 0.717) is 24.6 Å². The van der Waals surface area contributed by atoms with E-state index in [1.165, 1.54) is 5.01 Å². The molecule has 2 aromatic rings. The van der Waals surface area contributed by atoms with Gasteiger partial charge in [-0.05, 0) is 37.7 Å². The lowest BCUT2D eigenvalue weighted by molar-refractivity contribution is -0.131. The van der Waals surface area contributed by atoms with Gasteiger partial charge in [0, 0.05) is 44.5 Å². The number of amides is 1. The number of rotatable bonds is 14. The molecular formula is C24H39F2N7O2. The molecule has 35 heavy (non-hydrogen) atoms. The average molecular weight is 496 g/mol. The van der Waals surface area contributed by atoms with Crippen LogP contribution in [0.2, 0.25) is 0 Å². The van der Waals surface area contributed by atoms with Gasteiger partial charge in [0.25, 0.3) is 11.8 Å². The van der Waals surface area contributed by atoms with Crippen molar-refractivity contribution in [3.63, 3.8) is 0 Å². The van der Waals surface area contributed by atoms with Crippen molar-refractivity contribution in [1.82, 2.24) is 31.2 Å². The lowest BCUT2D eigenvalue weighted by atomic mass is 10.1. The van der Waals surface area contributed by atoms with Crippen LogP contribution in [0.3, 0.4) is 0 Å². The van der Waals surface area contributed by atoms with E-state index < -0.39 is 12.3 Å². The number of nitrogens with one attached hydrogen (secondary N) is 3. The normalized spacial score (nSPS) is 10.7. The second-order valence-corrected chi connectivity index (χ2v) is 8.04. The Morgan fingerprint density at radius 1 is 1.26 bits per heavy atom. The van der Waals surface area contributed by atoms with E-state index in [-0.39, 0.29) is 18.3 Å². The van der Waals surface area contributed by atoms with Crippen LogP contribution in [0.4, 0.5) is 14.5 Å². The fraction of sp³-hybridized carbons (Fsp3) is 0.542. The van der Waals surface area contributed by atoms with Crippen LogP contribution in [0.5, 0.6) is 0 Å². The number of nitrogens with zero attached hydrogens (tertiary/aromatic N) is 4. The molecule has 196 valence electrons. The molecule has 1 heterocycles. The third kappa shape index (κ3) is 11.3. The summed E-state index contributed by atoms with van der Waals surface area (Å²) in [5.41, 5.74) is 4.38. The van der Waals surface area contributed by atoms with E-state index >= 15 is 0 Å². The maximum atomic E-state index is 12.6. The lowest BCUT2D eigenvalue weighted by Crippen LogP contribution is -2.46. The Bertz CT molecular complexity index is 877. The number of benzene rings is 1. The quantitative estimate of drug-likeness (QED) is 0.271. The van der Waals surface area contributed by atoms with Gasteiger partial charge < -0.3 is 20.1 Å². The number of carbonyl (C=O) groups excluding carboxylic acids is 1. The summed E-state index contributed by atoms with van der Waals surface area (Å²) in [4.78, 5) is 18.0. The predicted octanol–water partition coefficient (Wildman–Crippen LogP) is 3.45. The van der Waals surface area contributed by atoms with Crippen molar-refractivity contribution in [2.75, 3.05) is 51.2 Å². The van der Waals surface area contributed by atoms with Crippen LogP contribution >= 0.6 is 0 Å². The van der Waals surface area contributed by atoms with Crippen LogP contribution in [0.1, 0.15) is 40.0 Å². The van der Waals surface area contributed by atoms with Crippen molar-refractivity contribution in [3.8, 4) is 11.4 Å². The Hall–Kier alpha value is -3.05. The SMILES string of the molecule is C=CNCCNCC.CCN(CC(=O)N(C)NCC(C)C)c1cccc(-c2noc(C(F)F)n2)c1. The number of likely N-dealkylation sites (N-methyl/N-ethyl adjacent to an activating group) is 3. The van der Waals surface area contributed by atoms with Crippen LogP contribution in [0.25, 0.3) is 11.4 Å². The summed E-state index contributed by atoms with van der Waals surface area (Å²) in [6, 6.07) is 7.06. The molecule has 0 saturated carbocycles. The van der Waals surface area contributed by atoms with Gasteiger partial charge in [0.05, 0.1) is 6.54 Å². The minimum absolute atomic E-state index is 0.0811. The van der Waals surface area contributed by atoms with Gasteiger partial charge in [-0.25, -0.2) is 5.43 Å². The van der Waals surface area contributed by atoms with E-state index in [0.717, 1.165) is 25.3 Å². The molecule has 0 aliphatic rings. The third-order valence-electron chi connectivity index (χ3n) is 4.76. The summed E-state index contributed by atoms with van der Waals surface area (Å²) in [7, 11) is 1.69. The molecule has 0 aliphatic carbocycles. The summed E-state index contributed by atoms with van der Waals surface area (Å²) >= 11 is 0. The van der Waals surface area contributed by atoms with E-state index in [1.54, 1.807) is 31.4 Å². The summed E-state index contributed by atoms with van der Waals surface area (Å²) in [5, 5.41) is 11.2. The van der Waals surface area contributed by atoms with Crippen LogP contribution < -0.4 is 21.0 Å². The number of alkyl halides is 2. The van der Waals surface area contributed by atoms with Crippen molar-refractivity contribution < 1.29 is 18.1 Å². The van der Waals surface area contributed by atoms with Crippen molar-refractivity contribution in [2.24, 2.45) is 5.92 Å². The Kier molecular flexibility index (Phi) is 14.2. The van der Waals surface area contributed by atoms with E-state index in [2.05, 4.69) is 58.1 Å². The largest absolute Gasteiger partial charge is 0.390 e. The van der Waals surface area contributed by atoms with Crippen LogP contribution in [-0.2, 0) is 4.79 Å². The number of hydrazine groups is 1. The minimum atomic E-state index is -2.81. The summed E-state index contributed by atoms with van der Waals surface area (Å²) < 4.78 is 29.8. The average Bonchev–Trinajstić information content (AvgIpc) is 3.35. The maximum absolute atomic E-state index is 12.6. The topological polar surface area (TPSA) is 98.6 Å².